The van der Waals surface area contributed by atoms with Gasteiger partial charge >= 0.3 is 0 Å². The Hall–Kier alpha value is -2.64. The van der Waals surface area contributed by atoms with Gasteiger partial charge in [0.25, 0.3) is 0 Å². The van der Waals surface area contributed by atoms with Crippen LogP contribution in [0.2, 0.25) is 0 Å². The zero-order valence-electron chi connectivity index (χ0n) is 12.9. The second-order valence-corrected chi connectivity index (χ2v) is 7.05. The normalized spacial score (nSPS) is 11.5. The molecule has 3 rings (SSSR count). The average Bonchev–Trinajstić information content (AvgIpc) is 2.60. The van der Waals surface area contributed by atoms with Gasteiger partial charge in [-0.25, -0.2) is 13.1 Å². The van der Waals surface area contributed by atoms with Crippen LogP contribution in [0.15, 0.2) is 59.8 Å². The number of carbonyl (C=O) groups is 1. The highest BCUT2D eigenvalue weighted by Gasteiger charge is 2.15. The Balaban J connectivity index is 1.81. The van der Waals surface area contributed by atoms with Crippen molar-refractivity contribution in [2.75, 3.05) is 0 Å². The Morgan fingerprint density at radius 2 is 1.79 bits per heavy atom. The first-order valence-corrected chi connectivity index (χ1v) is 8.74. The number of nitrogens with one attached hydrogen (secondary N) is 1. The van der Waals surface area contributed by atoms with E-state index < -0.39 is 10.0 Å². The van der Waals surface area contributed by atoms with Crippen molar-refractivity contribution in [1.29, 1.82) is 0 Å². The number of Topliss-reactive ketones (excluding diaryl/α,β-unsaturated/α-hetero) is 1. The van der Waals surface area contributed by atoms with Crippen LogP contribution < -0.4 is 4.72 Å². The van der Waals surface area contributed by atoms with Crippen molar-refractivity contribution < 1.29 is 13.2 Å². The van der Waals surface area contributed by atoms with Crippen LogP contribution >= 0.6 is 0 Å². The lowest BCUT2D eigenvalue weighted by atomic mass is 10.2. The molecule has 2 aromatic carbocycles. The van der Waals surface area contributed by atoms with Crippen LogP contribution in [0.25, 0.3) is 11.0 Å². The number of hydrogen-bond acceptors (Lipinski definition) is 5. The lowest BCUT2D eigenvalue weighted by Crippen LogP contribution is -2.23. The Morgan fingerprint density at radius 3 is 2.54 bits per heavy atom. The summed E-state index contributed by atoms with van der Waals surface area (Å²) < 4.78 is 27.3. The third-order valence-electron chi connectivity index (χ3n) is 3.55. The van der Waals surface area contributed by atoms with Crippen LogP contribution in [0.1, 0.15) is 22.8 Å². The largest absolute Gasteiger partial charge is 0.295 e. The number of sulfonamides is 1. The van der Waals surface area contributed by atoms with Gasteiger partial charge in [-0.3, -0.25) is 14.8 Å². The maximum absolute atomic E-state index is 12.4. The fourth-order valence-corrected chi connectivity index (χ4v) is 3.33. The molecular formula is C17H15N3O3S. The van der Waals surface area contributed by atoms with Crippen LogP contribution in [0.3, 0.4) is 0 Å². The van der Waals surface area contributed by atoms with Gasteiger partial charge in [-0.2, -0.15) is 0 Å². The summed E-state index contributed by atoms with van der Waals surface area (Å²) in [6.07, 6.45) is 3.19. The fourth-order valence-electron chi connectivity index (χ4n) is 2.26. The lowest BCUT2D eigenvalue weighted by molar-refractivity contribution is 0.101. The van der Waals surface area contributed by atoms with E-state index in [2.05, 4.69) is 14.7 Å². The molecule has 0 fully saturated rings. The molecule has 0 aliphatic heterocycles. The summed E-state index contributed by atoms with van der Waals surface area (Å²) in [6, 6.07) is 11.3. The Labute approximate surface area is 139 Å². The van der Waals surface area contributed by atoms with E-state index in [0.29, 0.717) is 11.1 Å². The first-order valence-electron chi connectivity index (χ1n) is 7.26. The highest BCUT2D eigenvalue weighted by Crippen LogP contribution is 2.14. The summed E-state index contributed by atoms with van der Waals surface area (Å²) in [5.74, 6) is -0.180. The predicted molar refractivity (Wildman–Crippen MR) is 90.0 cm³/mol. The molecule has 24 heavy (non-hydrogen) atoms. The van der Waals surface area contributed by atoms with Crippen molar-refractivity contribution in [2.45, 2.75) is 18.4 Å². The summed E-state index contributed by atoms with van der Waals surface area (Å²) in [5, 5.41) is 0. The Morgan fingerprint density at radius 1 is 1.04 bits per heavy atom. The summed E-state index contributed by atoms with van der Waals surface area (Å²) in [4.78, 5) is 19.8. The minimum absolute atomic E-state index is 0.0655. The Bertz CT molecular complexity index is 1020. The SMILES string of the molecule is CC(=O)c1cccc(S(=O)(=O)NCc2ccc3nccnc3c2)c1. The summed E-state index contributed by atoms with van der Waals surface area (Å²) in [5.41, 5.74) is 2.58. The van der Waals surface area contributed by atoms with Gasteiger partial charge in [0.05, 0.1) is 15.9 Å². The fraction of sp³-hybridized carbons (Fsp3) is 0.118. The van der Waals surface area contributed by atoms with Crippen molar-refractivity contribution in [1.82, 2.24) is 14.7 Å². The lowest BCUT2D eigenvalue weighted by Gasteiger charge is -2.08. The average molecular weight is 341 g/mol. The number of ketones is 1. The van der Waals surface area contributed by atoms with Crippen LogP contribution in [0, 0.1) is 0 Å². The molecule has 6 nitrogen and oxygen atoms in total. The van der Waals surface area contributed by atoms with E-state index in [1.165, 1.54) is 19.1 Å². The van der Waals surface area contributed by atoms with Crippen LogP contribution in [-0.2, 0) is 16.6 Å². The van der Waals surface area contributed by atoms with E-state index in [4.69, 9.17) is 0 Å². The first-order chi connectivity index (χ1) is 11.5. The molecule has 122 valence electrons. The maximum Gasteiger partial charge on any atom is 0.240 e. The molecule has 0 unspecified atom stereocenters. The van der Waals surface area contributed by atoms with Gasteiger partial charge in [-0.05, 0) is 36.8 Å². The van der Waals surface area contributed by atoms with Gasteiger partial charge in [0, 0.05) is 24.5 Å². The molecule has 0 atom stereocenters. The minimum Gasteiger partial charge on any atom is -0.295 e. The third kappa shape index (κ3) is 3.47. The van der Waals surface area contributed by atoms with E-state index >= 15 is 0 Å². The molecule has 0 aliphatic rings. The molecule has 0 bridgehead atoms. The number of rotatable bonds is 5. The number of carbonyl (C=O) groups excluding carboxylic acids is 1. The molecule has 3 aromatic rings. The number of aromatic nitrogens is 2. The molecule has 0 saturated heterocycles. The second-order valence-electron chi connectivity index (χ2n) is 5.29. The van der Waals surface area contributed by atoms with Crippen molar-refractivity contribution in [3.8, 4) is 0 Å². The molecule has 0 amide bonds. The van der Waals surface area contributed by atoms with Crippen molar-refractivity contribution in [3.63, 3.8) is 0 Å². The summed E-state index contributed by atoms with van der Waals surface area (Å²) in [7, 11) is -3.71. The number of hydrogen-bond donors (Lipinski definition) is 1. The molecule has 1 heterocycles. The third-order valence-corrected chi connectivity index (χ3v) is 4.95. The van der Waals surface area contributed by atoms with Gasteiger partial charge in [-0.15, -0.1) is 0 Å². The smallest absolute Gasteiger partial charge is 0.240 e. The van der Waals surface area contributed by atoms with Crippen LogP contribution in [0.4, 0.5) is 0 Å². The van der Waals surface area contributed by atoms with Gasteiger partial charge in [0.1, 0.15) is 0 Å². The van der Waals surface area contributed by atoms with Gasteiger partial charge in [-0.1, -0.05) is 18.2 Å². The highest BCUT2D eigenvalue weighted by atomic mass is 32.2. The van der Waals surface area contributed by atoms with Crippen molar-refractivity contribution in [3.05, 3.63) is 66.0 Å². The maximum atomic E-state index is 12.4. The molecule has 0 saturated carbocycles. The van der Waals surface area contributed by atoms with Crippen LogP contribution in [0.5, 0.6) is 0 Å². The molecule has 0 radical (unpaired) electrons. The van der Waals surface area contributed by atoms with E-state index in [1.807, 2.05) is 0 Å². The van der Waals surface area contributed by atoms with Crippen molar-refractivity contribution in [2.24, 2.45) is 0 Å². The van der Waals surface area contributed by atoms with E-state index in [0.717, 1.165) is 11.1 Å². The predicted octanol–water partition coefficient (Wildman–Crippen LogP) is 2.31. The summed E-state index contributed by atoms with van der Waals surface area (Å²) >= 11 is 0. The minimum atomic E-state index is -3.71. The molecule has 0 spiro atoms. The quantitative estimate of drug-likeness (QED) is 0.719. The Kier molecular flexibility index (Phi) is 4.37. The molecule has 1 aromatic heterocycles. The first kappa shape index (κ1) is 16.2. The van der Waals surface area contributed by atoms with E-state index in [-0.39, 0.29) is 17.2 Å². The number of benzene rings is 2. The van der Waals surface area contributed by atoms with E-state index in [9.17, 15) is 13.2 Å². The topological polar surface area (TPSA) is 89.0 Å². The summed E-state index contributed by atoms with van der Waals surface area (Å²) in [6.45, 7) is 1.52. The molecule has 7 heteroatoms. The number of fused-ring (bicyclic) bond motifs is 1. The number of nitrogens with zero attached hydrogens (tertiary/aromatic N) is 2. The highest BCUT2D eigenvalue weighted by molar-refractivity contribution is 7.89. The second kappa shape index (κ2) is 6.46. The standard InChI is InChI=1S/C17H15N3O3S/c1-12(21)14-3-2-4-15(10-14)24(22,23)20-11-13-5-6-16-17(9-13)19-8-7-18-16/h2-10,20H,11H2,1H3. The van der Waals surface area contributed by atoms with Gasteiger partial charge < -0.3 is 0 Å². The van der Waals surface area contributed by atoms with E-state index in [1.54, 1.807) is 42.7 Å². The molecule has 0 aliphatic carbocycles. The van der Waals surface area contributed by atoms with Crippen molar-refractivity contribution >= 4 is 26.8 Å². The zero-order chi connectivity index (χ0) is 17.2. The van der Waals surface area contributed by atoms with Gasteiger partial charge in [0.15, 0.2) is 5.78 Å². The van der Waals surface area contributed by atoms with Crippen LogP contribution in [-0.4, -0.2) is 24.2 Å². The molecule has 1 N–H and O–H groups in total. The monoisotopic (exact) mass is 341 g/mol. The van der Waals surface area contributed by atoms with Gasteiger partial charge in [0.2, 0.25) is 10.0 Å². The molecular weight excluding hydrogens is 326 g/mol. The zero-order valence-corrected chi connectivity index (χ0v) is 13.7.